The standard InChI is InChI=1S/C16H26N2O/c1-6-18(14(3)11-17(4)5)12-16(19)15-10-8-7-9-13(15)2/h7-10,14H,6,11-12H2,1-5H3. The minimum Gasteiger partial charge on any atom is -0.308 e. The van der Waals surface area contributed by atoms with Crippen molar-refractivity contribution in [2.75, 3.05) is 33.7 Å². The lowest BCUT2D eigenvalue weighted by atomic mass is 10.0. The number of likely N-dealkylation sites (N-methyl/N-ethyl adjacent to an activating group) is 2. The van der Waals surface area contributed by atoms with Crippen molar-refractivity contribution in [2.24, 2.45) is 0 Å². The second kappa shape index (κ2) is 7.41. The molecule has 0 spiro atoms. The molecule has 0 heterocycles. The molecule has 19 heavy (non-hydrogen) atoms. The van der Waals surface area contributed by atoms with E-state index in [2.05, 4.69) is 37.7 Å². The first-order chi connectivity index (χ1) is 8.95. The third-order valence-electron chi connectivity index (χ3n) is 3.45. The Hall–Kier alpha value is -1.19. The number of benzene rings is 1. The fourth-order valence-corrected chi connectivity index (χ4v) is 2.38. The number of Topliss-reactive ketones (excluding diaryl/α,β-unsaturated/α-hetero) is 1. The predicted octanol–water partition coefficient (Wildman–Crippen LogP) is 2.45. The Balaban J connectivity index is 2.71. The van der Waals surface area contributed by atoms with Crippen LogP contribution in [0.1, 0.15) is 29.8 Å². The maximum Gasteiger partial charge on any atom is 0.177 e. The Morgan fingerprint density at radius 2 is 1.89 bits per heavy atom. The average Bonchev–Trinajstić information content (AvgIpc) is 2.35. The number of hydrogen-bond donors (Lipinski definition) is 0. The molecule has 0 saturated heterocycles. The minimum atomic E-state index is 0.213. The molecule has 0 aliphatic rings. The number of carbonyl (C=O) groups is 1. The summed E-state index contributed by atoms with van der Waals surface area (Å²) in [6.07, 6.45) is 0. The van der Waals surface area contributed by atoms with Gasteiger partial charge in [-0.1, -0.05) is 31.2 Å². The van der Waals surface area contributed by atoms with Crippen LogP contribution in [-0.4, -0.2) is 55.4 Å². The Morgan fingerprint density at radius 1 is 1.26 bits per heavy atom. The van der Waals surface area contributed by atoms with Gasteiger partial charge in [0, 0.05) is 18.2 Å². The van der Waals surface area contributed by atoms with Gasteiger partial charge in [0.25, 0.3) is 0 Å². The molecular formula is C16H26N2O. The fourth-order valence-electron chi connectivity index (χ4n) is 2.38. The molecule has 0 saturated carbocycles. The van der Waals surface area contributed by atoms with Crippen LogP contribution in [0.4, 0.5) is 0 Å². The molecule has 0 aromatic heterocycles. The van der Waals surface area contributed by atoms with Crippen LogP contribution in [0.3, 0.4) is 0 Å². The van der Waals surface area contributed by atoms with Gasteiger partial charge in [0.1, 0.15) is 0 Å². The molecule has 1 rings (SSSR count). The van der Waals surface area contributed by atoms with Crippen molar-refractivity contribution >= 4 is 5.78 Å². The zero-order valence-electron chi connectivity index (χ0n) is 12.8. The van der Waals surface area contributed by atoms with Crippen LogP contribution in [0.5, 0.6) is 0 Å². The van der Waals surface area contributed by atoms with Crippen LogP contribution in [0, 0.1) is 6.92 Å². The first-order valence-electron chi connectivity index (χ1n) is 6.93. The average molecular weight is 262 g/mol. The van der Waals surface area contributed by atoms with Crippen LogP contribution < -0.4 is 0 Å². The zero-order valence-corrected chi connectivity index (χ0v) is 12.8. The van der Waals surface area contributed by atoms with Crippen molar-refractivity contribution in [1.29, 1.82) is 0 Å². The molecule has 1 atom stereocenters. The number of nitrogens with zero attached hydrogens (tertiary/aromatic N) is 2. The maximum atomic E-state index is 12.4. The van der Waals surface area contributed by atoms with E-state index in [4.69, 9.17) is 0 Å². The van der Waals surface area contributed by atoms with Crippen LogP contribution in [0.15, 0.2) is 24.3 Å². The number of rotatable bonds is 7. The normalized spacial score (nSPS) is 13.0. The first-order valence-corrected chi connectivity index (χ1v) is 6.93. The molecule has 0 fully saturated rings. The number of aryl methyl sites for hydroxylation is 1. The number of carbonyl (C=O) groups excluding carboxylic acids is 1. The zero-order chi connectivity index (χ0) is 14.4. The van der Waals surface area contributed by atoms with Gasteiger partial charge in [-0.25, -0.2) is 0 Å². The highest BCUT2D eigenvalue weighted by Gasteiger charge is 2.18. The molecule has 0 aliphatic carbocycles. The molecule has 0 aliphatic heterocycles. The van der Waals surface area contributed by atoms with Crippen molar-refractivity contribution in [3.05, 3.63) is 35.4 Å². The van der Waals surface area contributed by atoms with E-state index in [-0.39, 0.29) is 5.78 Å². The lowest BCUT2D eigenvalue weighted by Crippen LogP contribution is -2.42. The van der Waals surface area contributed by atoms with Crippen molar-refractivity contribution in [3.8, 4) is 0 Å². The monoisotopic (exact) mass is 262 g/mol. The van der Waals surface area contributed by atoms with Crippen LogP contribution in [0.2, 0.25) is 0 Å². The Kier molecular flexibility index (Phi) is 6.19. The van der Waals surface area contributed by atoms with Crippen molar-refractivity contribution < 1.29 is 4.79 Å². The highest BCUT2D eigenvalue weighted by atomic mass is 16.1. The van der Waals surface area contributed by atoms with Gasteiger partial charge in [0.15, 0.2) is 5.78 Å². The van der Waals surface area contributed by atoms with E-state index in [1.165, 1.54) is 0 Å². The van der Waals surface area contributed by atoms with Gasteiger partial charge in [-0.3, -0.25) is 9.69 Å². The summed E-state index contributed by atoms with van der Waals surface area (Å²) in [5.41, 5.74) is 1.90. The van der Waals surface area contributed by atoms with Crippen LogP contribution in [0.25, 0.3) is 0 Å². The summed E-state index contributed by atoms with van der Waals surface area (Å²) in [5.74, 6) is 0.213. The largest absolute Gasteiger partial charge is 0.308 e. The second-order valence-corrected chi connectivity index (χ2v) is 5.41. The molecule has 1 aromatic rings. The quantitative estimate of drug-likeness (QED) is 0.705. The molecule has 0 amide bonds. The first kappa shape index (κ1) is 15.9. The third-order valence-corrected chi connectivity index (χ3v) is 3.45. The Bertz CT molecular complexity index is 415. The van der Waals surface area contributed by atoms with E-state index in [0.717, 1.165) is 24.2 Å². The van der Waals surface area contributed by atoms with E-state index < -0.39 is 0 Å². The van der Waals surface area contributed by atoms with Gasteiger partial charge in [-0.05, 0) is 40.1 Å². The SMILES string of the molecule is CCN(CC(=O)c1ccccc1C)C(C)CN(C)C. The van der Waals surface area contributed by atoms with Gasteiger partial charge in [0.2, 0.25) is 0 Å². The third kappa shape index (κ3) is 4.77. The minimum absolute atomic E-state index is 0.213. The summed E-state index contributed by atoms with van der Waals surface area (Å²) in [6, 6.07) is 8.19. The van der Waals surface area contributed by atoms with Crippen molar-refractivity contribution in [1.82, 2.24) is 9.80 Å². The number of hydrogen-bond acceptors (Lipinski definition) is 3. The lowest BCUT2D eigenvalue weighted by Gasteiger charge is -2.29. The molecule has 3 heteroatoms. The predicted molar refractivity (Wildman–Crippen MR) is 80.8 cm³/mol. The lowest BCUT2D eigenvalue weighted by molar-refractivity contribution is 0.0888. The van der Waals surface area contributed by atoms with Crippen molar-refractivity contribution in [3.63, 3.8) is 0 Å². The van der Waals surface area contributed by atoms with E-state index >= 15 is 0 Å². The Morgan fingerprint density at radius 3 is 2.42 bits per heavy atom. The molecule has 0 radical (unpaired) electrons. The maximum absolute atomic E-state index is 12.4. The number of ketones is 1. The van der Waals surface area contributed by atoms with E-state index in [1.807, 2.05) is 31.2 Å². The highest BCUT2D eigenvalue weighted by Crippen LogP contribution is 2.10. The van der Waals surface area contributed by atoms with E-state index in [0.29, 0.717) is 12.6 Å². The van der Waals surface area contributed by atoms with Gasteiger partial charge in [-0.15, -0.1) is 0 Å². The summed E-state index contributed by atoms with van der Waals surface area (Å²) >= 11 is 0. The van der Waals surface area contributed by atoms with Gasteiger partial charge >= 0.3 is 0 Å². The molecule has 1 unspecified atom stereocenters. The summed E-state index contributed by atoms with van der Waals surface area (Å²) in [7, 11) is 4.13. The molecule has 1 aromatic carbocycles. The summed E-state index contributed by atoms with van der Waals surface area (Å²) in [5, 5.41) is 0. The summed E-state index contributed by atoms with van der Waals surface area (Å²) in [4.78, 5) is 16.8. The van der Waals surface area contributed by atoms with Crippen LogP contribution in [-0.2, 0) is 0 Å². The van der Waals surface area contributed by atoms with Gasteiger partial charge < -0.3 is 4.90 Å². The van der Waals surface area contributed by atoms with Gasteiger partial charge in [0.05, 0.1) is 6.54 Å². The van der Waals surface area contributed by atoms with E-state index in [1.54, 1.807) is 0 Å². The molecule has 106 valence electrons. The topological polar surface area (TPSA) is 23.6 Å². The Labute approximate surface area is 117 Å². The smallest absolute Gasteiger partial charge is 0.177 e. The molecule has 0 bridgehead atoms. The molecule has 0 N–H and O–H groups in total. The summed E-state index contributed by atoms with van der Waals surface area (Å²) in [6.45, 7) is 8.64. The molecule has 3 nitrogen and oxygen atoms in total. The fraction of sp³-hybridized carbons (Fsp3) is 0.562. The van der Waals surface area contributed by atoms with E-state index in [9.17, 15) is 4.79 Å². The van der Waals surface area contributed by atoms with Crippen molar-refractivity contribution in [2.45, 2.75) is 26.8 Å². The van der Waals surface area contributed by atoms with Gasteiger partial charge in [-0.2, -0.15) is 0 Å². The highest BCUT2D eigenvalue weighted by molar-refractivity contribution is 5.98. The second-order valence-electron chi connectivity index (χ2n) is 5.41. The van der Waals surface area contributed by atoms with Crippen LogP contribution >= 0.6 is 0 Å². The summed E-state index contributed by atoms with van der Waals surface area (Å²) < 4.78 is 0. The molecular weight excluding hydrogens is 236 g/mol.